The molecule has 8 heteroatoms. The third-order valence-electron chi connectivity index (χ3n) is 6.02. The minimum Gasteiger partial charge on any atom is -0.351 e. The Kier molecular flexibility index (Phi) is 6.13. The van der Waals surface area contributed by atoms with Gasteiger partial charge in [-0.1, -0.05) is 47.1 Å². The lowest BCUT2D eigenvalue weighted by Crippen LogP contribution is -2.45. The molecule has 1 aromatic heterocycles. The maximum atomic E-state index is 13.4. The van der Waals surface area contributed by atoms with Crippen molar-refractivity contribution < 1.29 is 13.3 Å². The van der Waals surface area contributed by atoms with Crippen molar-refractivity contribution in [1.29, 1.82) is 0 Å². The van der Waals surface area contributed by atoms with Crippen molar-refractivity contribution in [3.8, 4) is 11.4 Å². The SMILES string of the molecule is CC1=C(c2nc(-c3ccc(F)cc3)no2)C(c2ccc(C)cc2)NC(=S)N1Cc1ccc(F)cc1. The normalized spacial score (nSPS) is 15.9. The molecule has 0 fully saturated rings. The highest BCUT2D eigenvalue weighted by Crippen LogP contribution is 2.38. The lowest BCUT2D eigenvalue weighted by Gasteiger charge is -2.37. The molecule has 1 unspecified atom stereocenters. The first-order chi connectivity index (χ1) is 16.9. The Bertz CT molecular complexity index is 1400. The highest BCUT2D eigenvalue weighted by Gasteiger charge is 2.34. The van der Waals surface area contributed by atoms with Crippen molar-refractivity contribution in [2.24, 2.45) is 0 Å². The summed E-state index contributed by atoms with van der Waals surface area (Å²) < 4.78 is 32.5. The van der Waals surface area contributed by atoms with Gasteiger partial charge in [0, 0.05) is 17.8 Å². The predicted octanol–water partition coefficient (Wildman–Crippen LogP) is 6.19. The molecule has 3 aromatic carbocycles. The van der Waals surface area contributed by atoms with E-state index in [1.165, 1.54) is 24.3 Å². The number of allylic oxidation sites excluding steroid dienone is 1. The van der Waals surface area contributed by atoms with E-state index >= 15 is 0 Å². The fourth-order valence-electron chi connectivity index (χ4n) is 4.08. The topological polar surface area (TPSA) is 54.2 Å². The molecule has 1 N–H and O–H groups in total. The van der Waals surface area contributed by atoms with Gasteiger partial charge in [0.2, 0.25) is 5.82 Å². The van der Waals surface area contributed by atoms with Crippen molar-refractivity contribution in [2.75, 3.05) is 0 Å². The minimum atomic E-state index is -0.336. The first-order valence-corrected chi connectivity index (χ1v) is 11.5. The maximum absolute atomic E-state index is 13.4. The second-order valence-corrected chi connectivity index (χ2v) is 8.82. The van der Waals surface area contributed by atoms with Crippen LogP contribution < -0.4 is 5.32 Å². The quantitative estimate of drug-likeness (QED) is 0.338. The van der Waals surface area contributed by atoms with Gasteiger partial charge < -0.3 is 14.7 Å². The van der Waals surface area contributed by atoms with Crippen LogP contribution in [0.2, 0.25) is 0 Å². The predicted molar refractivity (Wildman–Crippen MR) is 134 cm³/mol. The van der Waals surface area contributed by atoms with Crippen LogP contribution in [0.25, 0.3) is 17.0 Å². The molecule has 0 radical (unpaired) electrons. The highest BCUT2D eigenvalue weighted by atomic mass is 32.1. The summed E-state index contributed by atoms with van der Waals surface area (Å²) in [4.78, 5) is 6.57. The summed E-state index contributed by atoms with van der Waals surface area (Å²) in [7, 11) is 0. The first-order valence-electron chi connectivity index (χ1n) is 11.1. The van der Waals surface area contributed by atoms with Gasteiger partial charge in [0.25, 0.3) is 5.89 Å². The second-order valence-electron chi connectivity index (χ2n) is 8.43. The number of aromatic nitrogens is 2. The van der Waals surface area contributed by atoms with Gasteiger partial charge in [-0.05, 0) is 73.6 Å². The Morgan fingerprint density at radius 3 is 2.20 bits per heavy atom. The Balaban J connectivity index is 1.58. The molecule has 5 rings (SSSR count). The molecule has 35 heavy (non-hydrogen) atoms. The van der Waals surface area contributed by atoms with Crippen LogP contribution in [-0.4, -0.2) is 20.2 Å². The molecule has 0 saturated carbocycles. The molecule has 0 saturated heterocycles. The third-order valence-corrected chi connectivity index (χ3v) is 6.36. The van der Waals surface area contributed by atoms with E-state index in [-0.39, 0.29) is 17.7 Å². The van der Waals surface area contributed by atoms with Gasteiger partial charge in [0.1, 0.15) is 11.6 Å². The summed E-state index contributed by atoms with van der Waals surface area (Å²) in [5.41, 5.74) is 5.32. The van der Waals surface area contributed by atoms with Crippen molar-refractivity contribution in [2.45, 2.75) is 26.4 Å². The van der Waals surface area contributed by atoms with E-state index in [9.17, 15) is 8.78 Å². The van der Waals surface area contributed by atoms with Crippen molar-refractivity contribution in [3.05, 3.63) is 113 Å². The van der Waals surface area contributed by atoms with Crippen LogP contribution in [0.15, 0.2) is 83.0 Å². The average Bonchev–Trinajstić information content (AvgIpc) is 3.33. The van der Waals surface area contributed by atoms with E-state index in [0.717, 1.165) is 28.0 Å². The summed E-state index contributed by atoms with van der Waals surface area (Å²) in [6.07, 6.45) is 0. The number of nitrogens with zero attached hydrogens (tertiary/aromatic N) is 3. The largest absolute Gasteiger partial charge is 0.351 e. The Hall–Kier alpha value is -3.91. The molecule has 1 atom stereocenters. The summed E-state index contributed by atoms with van der Waals surface area (Å²) >= 11 is 5.73. The number of aryl methyl sites for hydroxylation is 1. The van der Waals surface area contributed by atoms with Gasteiger partial charge in [-0.15, -0.1) is 0 Å². The molecule has 1 aliphatic heterocycles. The van der Waals surface area contributed by atoms with Crippen LogP contribution in [-0.2, 0) is 6.54 Å². The van der Waals surface area contributed by atoms with Gasteiger partial charge in [0.15, 0.2) is 5.11 Å². The highest BCUT2D eigenvalue weighted by molar-refractivity contribution is 7.80. The van der Waals surface area contributed by atoms with E-state index in [2.05, 4.69) is 15.5 Å². The molecule has 0 aliphatic carbocycles. The van der Waals surface area contributed by atoms with Gasteiger partial charge in [-0.3, -0.25) is 0 Å². The van der Waals surface area contributed by atoms with E-state index in [1.54, 1.807) is 24.3 Å². The number of halogens is 2. The van der Waals surface area contributed by atoms with E-state index < -0.39 is 0 Å². The van der Waals surface area contributed by atoms with Gasteiger partial charge in [0.05, 0.1) is 11.6 Å². The van der Waals surface area contributed by atoms with Crippen molar-refractivity contribution in [3.63, 3.8) is 0 Å². The molecule has 1 aliphatic rings. The zero-order valence-corrected chi connectivity index (χ0v) is 19.9. The lowest BCUT2D eigenvalue weighted by molar-refractivity contribution is 0.396. The number of thiocarbonyl (C=S) groups is 1. The second kappa shape index (κ2) is 9.38. The van der Waals surface area contributed by atoms with Crippen molar-refractivity contribution in [1.82, 2.24) is 20.4 Å². The summed E-state index contributed by atoms with van der Waals surface area (Å²) in [6.45, 7) is 4.43. The van der Waals surface area contributed by atoms with Crippen LogP contribution in [0.4, 0.5) is 8.78 Å². The van der Waals surface area contributed by atoms with Gasteiger partial charge in [-0.25, -0.2) is 8.78 Å². The first kappa shape index (κ1) is 22.9. The zero-order valence-electron chi connectivity index (χ0n) is 19.1. The number of hydrogen-bond acceptors (Lipinski definition) is 4. The van der Waals surface area contributed by atoms with Crippen LogP contribution in [0.3, 0.4) is 0 Å². The Morgan fingerprint density at radius 1 is 0.914 bits per heavy atom. The monoisotopic (exact) mass is 488 g/mol. The number of rotatable bonds is 5. The van der Waals surface area contributed by atoms with Crippen LogP contribution in [0, 0.1) is 18.6 Å². The standard InChI is InChI=1S/C27H22F2N4OS/c1-16-3-7-19(8-4-16)24-23(26-31-25(32-34-26)20-9-13-22(29)14-10-20)17(2)33(27(35)30-24)15-18-5-11-21(28)12-6-18/h3-14,24H,15H2,1-2H3,(H,30,35). The summed E-state index contributed by atoms with van der Waals surface area (Å²) in [5.74, 6) is 0.0734. The molecule has 176 valence electrons. The third kappa shape index (κ3) is 4.70. The van der Waals surface area contributed by atoms with E-state index in [1.807, 2.05) is 43.0 Å². The minimum absolute atomic E-state index is 0.292. The zero-order chi connectivity index (χ0) is 24.5. The fraction of sp³-hybridized carbons (Fsp3) is 0.148. The Labute approximate surface area is 207 Å². The van der Waals surface area contributed by atoms with Crippen LogP contribution >= 0.6 is 12.2 Å². The molecule has 0 amide bonds. The molecule has 0 spiro atoms. The summed E-state index contributed by atoms with van der Waals surface area (Å²) in [6, 6.07) is 20.1. The van der Waals surface area contributed by atoms with Gasteiger partial charge >= 0.3 is 0 Å². The molecule has 4 aromatic rings. The smallest absolute Gasteiger partial charge is 0.258 e. The van der Waals surface area contributed by atoms with Crippen molar-refractivity contribution >= 4 is 22.9 Å². The van der Waals surface area contributed by atoms with Gasteiger partial charge in [-0.2, -0.15) is 4.98 Å². The number of nitrogens with one attached hydrogen (secondary N) is 1. The maximum Gasteiger partial charge on any atom is 0.258 e. The molecular formula is C27H22F2N4OS. The van der Waals surface area contributed by atoms with E-state index in [4.69, 9.17) is 16.7 Å². The average molecular weight is 489 g/mol. The Morgan fingerprint density at radius 2 is 1.54 bits per heavy atom. The lowest BCUT2D eigenvalue weighted by atomic mass is 9.94. The molecule has 0 bridgehead atoms. The molecule has 5 nitrogen and oxygen atoms in total. The molecular weight excluding hydrogens is 466 g/mol. The number of benzene rings is 3. The summed E-state index contributed by atoms with van der Waals surface area (Å²) in [5, 5.41) is 8.10. The van der Waals surface area contributed by atoms with Crippen LogP contribution in [0.5, 0.6) is 0 Å². The fourth-order valence-corrected chi connectivity index (χ4v) is 4.40. The van der Waals surface area contributed by atoms with Crippen LogP contribution in [0.1, 0.15) is 35.5 Å². The molecule has 2 heterocycles. The van der Waals surface area contributed by atoms with E-state index in [0.29, 0.717) is 28.9 Å². The number of hydrogen-bond donors (Lipinski definition) is 1.